The predicted octanol–water partition coefficient (Wildman–Crippen LogP) is 1.89. The first-order valence-electron chi connectivity index (χ1n) is 7.11. The number of esters is 1. The Balaban J connectivity index is 2.01. The number of hydrogen-bond acceptors (Lipinski definition) is 5. The molecule has 0 aliphatic heterocycles. The summed E-state index contributed by atoms with van der Waals surface area (Å²) in [6.45, 7) is 4.33. The van der Waals surface area contributed by atoms with Crippen molar-refractivity contribution >= 4 is 33.6 Å². The monoisotopic (exact) mass is 383 g/mol. The van der Waals surface area contributed by atoms with Crippen molar-refractivity contribution in [3.63, 3.8) is 0 Å². The van der Waals surface area contributed by atoms with Gasteiger partial charge in [0.05, 0.1) is 30.0 Å². The molecule has 8 nitrogen and oxygen atoms in total. The van der Waals surface area contributed by atoms with E-state index in [0.717, 1.165) is 10.2 Å². The van der Waals surface area contributed by atoms with Crippen LogP contribution >= 0.6 is 15.9 Å². The van der Waals surface area contributed by atoms with Crippen LogP contribution in [-0.2, 0) is 23.1 Å². The zero-order valence-corrected chi connectivity index (χ0v) is 14.8. The summed E-state index contributed by atoms with van der Waals surface area (Å²) in [7, 11) is 1.65. The third kappa shape index (κ3) is 3.98. The molecule has 23 heavy (non-hydrogen) atoms. The van der Waals surface area contributed by atoms with Gasteiger partial charge in [-0.3, -0.25) is 14.2 Å². The number of aromatic nitrogens is 4. The van der Waals surface area contributed by atoms with Crippen molar-refractivity contribution in [1.82, 2.24) is 19.6 Å². The minimum atomic E-state index is -0.511. The van der Waals surface area contributed by atoms with Gasteiger partial charge in [-0.1, -0.05) is 0 Å². The third-order valence-electron chi connectivity index (χ3n) is 3.29. The van der Waals surface area contributed by atoms with Gasteiger partial charge in [-0.05, 0) is 29.8 Å². The summed E-state index contributed by atoms with van der Waals surface area (Å²) in [5.74, 6) is -0.417. The van der Waals surface area contributed by atoms with Gasteiger partial charge in [-0.2, -0.15) is 10.2 Å². The molecule has 124 valence electrons. The second-order valence-electron chi connectivity index (χ2n) is 4.85. The highest BCUT2D eigenvalue weighted by atomic mass is 79.9. The first-order valence-corrected chi connectivity index (χ1v) is 7.90. The zero-order chi connectivity index (χ0) is 17.0. The summed E-state index contributed by atoms with van der Waals surface area (Å²) < 4.78 is 9.01. The van der Waals surface area contributed by atoms with Crippen LogP contribution in [0.5, 0.6) is 0 Å². The van der Waals surface area contributed by atoms with E-state index in [-0.39, 0.29) is 24.5 Å². The van der Waals surface area contributed by atoms with Gasteiger partial charge in [0.2, 0.25) is 5.91 Å². The number of ether oxygens (including phenoxy) is 1. The Morgan fingerprint density at radius 3 is 2.70 bits per heavy atom. The van der Waals surface area contributed by atoms with Crippen LogP contribution in [0.2, 0.25) is 0 Å². The number of carbonyl (C=O) groups is 2. The molecule has 0 aromatic carbocycles. The van der Waals surface area contributed by atoms with E-state index in [2.05, 4.69) is 31.4 Å². The van der Waals surface area contributed by atoms with Gasteiger partial charge in [0.1, 0.15) is 11.4 Å². The molecule has 0 saturated heterocycles. The van der Waals surface area contributed by atoms with E-state index in [9.17, 15) is 9.59 Å². The molecule has 0 aliphatic carbocycles. The maximum absolute atomic E-state index is 12.1. The van der Waals surface area contributed by atoms with Crippen LogP contribution in [0.4, 0.5) is 5.82 Å². The van der Waals surface area contributed by atoms with Crippen molar-refractivity contribution in [2.45, 2.75) is 26.8 Å². The first-order chi connectivity index (χ1) is 10.9. The number of rotatable bonds is 6. The first kappa shape index (κ1) is 17.2. The second-order valence-corrected chi connectivity index (χ2v) is 5.70. The summed E-state index contributed by atoms with van der Waals surface area (Å²) in [6.07, 6.45) is 3.29. The molecule has 2 aromatic rings. The molecule has 0 aliphatic rings. The molecule has 0 unspecified atom stereocenters. The fourth-order valence-corrected chi connectivity index (χ4v) is 2.29. The van der Waals surface area contributed by atoms with Crippen molar-refractivity contribution in [1.29, 1.82) is 0 Å². The minimum Gasteiger partial charge on any atom is -0.462 e. The van der Waals surface area contributed by atoms with Crippen molar-refractivity contribution in [2.75, 3.05) is 11.9 Å². The SMILES string of the molecule is CCOC(=O)c1cnn(C)c1NC(=O)CCn1ncc(Br)c1C. The van der Waals surface area contributed by atoms with Crippen LogP contribution in [-0.4, -0.2) is 38.0 Å². The number of aryl methyl sites for hydroxylation is 2. The number of hydrogen-bond donors (Lipinski definition) is 1. The van der Waals surface area contributed by atoms with Crippen LogP contribution in [0.25, 0.3) is 0 Å². The number of nitrogens with zero attached hydrogens (tertiary/aromatic N) is 4. The van der Waals surface area contributed by atoms with Crippen LogP contribution in [0.1, 0.15) is 29.4 Å². The standard InChI is InChI=1S/C14H18BrN5O3/c1-4-23-14(22)10-7-16-19(3)13(10)18-12(21)5-6-20-9(2)11(15)8-17-20/h7-8H,4-6H2,1-3H3,(H,18,21). The van der Waals surface area contributed by atoms with Crippen molar-refractivity contribution in [3.05, 3.63) is 28.1 Å². The van der Waals surface area contributed by atoms with Crippen LogP contribution in [0.15, 0.2) is 16.9 Å². The van der Waals surface area contributed by atoms with Crippen LogP contribution < -0.4 is 5.32 Å². The van der Waals surface area contributed by atoms with E-state index >= 15 is 0 Å². The molecule has 0 fully saturated rings. The van der Waals surface area contributed by atoms with E-state index in [1.807, 2.05) is 6.92 Å². The number of amides is 1. The molecule has 0 bridgehead atoms. The fraction of sp³-hybridized carbons (Fsp3) is 0.429. The molecule has 0 spiro atoms. The molecule has 9 heteroatoms. The average molecular weight is 384 g/mol. The summed E-state index contributed by atoms with van der Waals surface area (Å²) >= 11 is 3.37. The highest BCUT2D eigenvalue weighted by molar-refractivity contribution is 9.10. The Morgan fingerprint density at radius 2 is 2.09 bits per heavy atom. The molecular formula is C14H18BrN5O3. The maximum Gasteiger partial charge on any atom is 0.343 e. The van der Waals surface area contributed by atoms with Crippen molar-refractivity contribution in [2.24, 2.45) is 7.05 Å². The zero-order valence-electron chi connectivity index (χ0n) is 13.2. The molecule has 1 amide bonds. The van der Waals surface area contributed by atoms with Crippen LogP contribution in [0, 0.1) is 6.92 Å². The lowest BCUT2D eigenvalue weighted by atomic mass is 10.3. The Morgan fingerprint density at radius 1 is 1.35 bits per heavy atom. The quantitative estimate of drug-likeness (QED) is 0.769. The third-order valence-corrected chi connectivity index (χ3v) is 4.06. The Labute approximate surface area is 141 Å². The van der Waals surface area contributed by atoms with Gasteiger partial charge in [-0.15, -0.1) is 0 Å². The summed E-state index contributed by atoms with van der Waals surface area (Å²) in [5, 5.41) is 10.9. The normalized spacial score (nSPS) is 10.6. The summed E-state index contributed by atoms with van der Waals surface area (Å²) in [6, 6.07) is 0. The number of halogens is 1. The maximum atomic E-state index is 12.1. The average Bonchev–Trinajstić information content (AvgIpc) is 3.02. The van der Waals surface area contributed by atoms with Gasteiger partial charge in [-0.25, -0.2) is 4.79 Å². The van der Waals surface area contributed by atoms with Gasteiger partial charge >= 0.3 is 5.97 Å². The number of anilines is 1. The Bertz CT molecular complexity index is 722. The molecule has 0 radical (unpaired) electrons. The Hall–Kier alpha value is -2.16. The van der Waals surface area contributed by atoms with Gasteiger partial charge in [0, 0.05) is 19.2 Å². The highest BCUT2D eigenvalue weighted by Crippen LogP contribution is 2.17. The topological polar surface area (TPSA) is 91.0 Å². The van der Waals surface area contributed by atoms with E-state index < -0.39 is 5.97 Å². The lowest BCUT2D eigenvalue weighted by molar-refractivity contribution is -0.116. The molecule has 1 N–H and O–H groups in total. The van der Waals surface area contributed by atoms with E-state index in [1.165, 1.54) is 10.9 Å². The van der Waals surface area contributed by atoms with Crippen LogP contribution in [0.3, 0.4) is 0 Å². The molecule has 2 heterocycles. The minimum absolute atomic E-state index is 0.225. The van der Waals surface area contributed by atoms with Gasteiger partial charge in [0.25, 0.3) is 0 Å². The number of carbonyl (C=O) groups excluding carboxylic acids is 2. The largest absolute Gasteiger partial charge is 0.462 e. The van der Waals surface area contributed by atoms with Crippen molar-refractivity contribution < 1.29 is 14.3 Å². The fourth-order valence-electron chi connectivity index (χ4n) is 2.00. The smallest absolute Gasteiger partial charge is 0.343 e. The molecule has 0 saturated carbocycles. The van der Waals surface area contributed by atoms with Gasteiger partial charge in [0.15, 0.2) is 0 Å². The van der Waals surface area contributed by atoms with E-state index in [0.29, 0.717) is 12.4 Å². The lowest BCUT2D eigenvalue weighted by Crippen LogP contribution is -2.19. The Kier molecular flexibility index (Phi) is 5.54. The van der Waals surface area contributed by atoms with E-state index in [4.69, 9.17) is 4.74 Å². The highest BCUT2D eigenvalue weighted by Gasteiger charge is 2.19. The molecule has 2 rings (SSSR count). The predicted molar refractivity (Wildman–Crippen MR) is 87.1 cm³/mol. The molecule has 2 aromatic heterocycles. The van der Waals surface area contributed by atoms with Crippen molar-refractivity contribution in [3.8, 4) is 0 Å². The number of nitrogens with one attached hydrogen (secondary N) is 1. The molecular weight excluding hydrogens is 366 g/mol. The molecule has 0 atom stereocenters. The lowest BCUT2D eigenvalue weighted by Gasteiger charge is -2.09. The van der Waals surface area contributed by atoms with Gasteiger partial charge < -0.3 is 10.1 Å². The summed E-state index contributed by atoms with van der Waals surface area (Å²) in [5.41, 5.74) is 1.19. The summed E-state index contributed by atoms with van der Waals surface area (Å²) in [4.78, 5) is 24.0. The van der Waals surface area contributed by atoms with E-state index in [1.54, 1.807) is 24.9 Å². The second kappa shape index (κ2) is 7.40.